The monoisotopic (exact) mass is 479 g/mol. The Hall–Kier alpha value is -2.06. The van der Waals surface area contributed by atoms with Crippen molar-refractivity contribution in [2.45, 2.75) is 25.5 Å². The fraction of sp³-hybridized carbons (Fsp3) is 0.318. The number of aliphatic imine (C=N–C) groups is 1. The van der Waals surface area contributed by atoms with Gasteiger partial charge in [-0.1, -0.05) is 53.2 Å². The van der Waals surface area contributed by atoms with Gasteiger partial charge in [0.25, 0.3) is 0 Å². The Bertz CT molecular complexity index is 1030. The highest BCUT2D eigenvalue weighted by Crippen LogP contribution is 2.34. The molecule has 1 aliphatic rings. The molecule has 2 amide bonds. The van der Waals surface area contributed by atoms with Crippen LogP contribution < -0.4 is 5.32 Å². The van der Waals surface area contributed by atoms with Gasteiger partial charge in [-0.05, 0) is 43.2 Å². The van der Waals surface area contributed by atoms with E-state index in [1.807, 2.05) is 32.0 Å². The van der Waals surface area contributed by atoms with Crippen molar-refractivity contribution < 1.29 is 14.3 Å². The molecule has 0 saturated carbocycles. The van der Waals surface area contributed by atoms with Gasteiger partial charge in [0.15, 0.2) is 5.17 Å². The molecule has 0 spiro atoms. The molecule has 0 radical (unpaired) electrons. The molecule has 1 fully saturated rings. The minimum Gasteiger partial charge on any atom is -0.383 e. The summed E-state index contributed by atoms with van der Waals surface area (Å²) in [5, 5.41) is 3.33. The van der Waals surface area contributed by atoms with Crippen LogP contribution in [0.1, 0.15) is 17.5 Å². The molecule has 1 unspecified atom stereocenters. The first-order chi connectivity index (χ1) is 14.8. The second-order valence-electron chi connectivity index (χ2n) is 7.13. The maximum atomic E-state index is 13.0. The number of hydrogen-bond donors (Lipinski definition) is 1. The first kappa shape index (κ1) is 23.6. The highest BCUT2D eigenvalue weighted by Gasteiger charge is 2.39. The van der Waals surface area contributed by atoms with Crippen molar-refractivity contribution in [1.29, 1.82) is 0 Å². The number of amides is 2. The molecule has 0 aliphatic carbocycles. The summed E-state index contributed by atoms with van der Waals surface area (Å²) in [7, 11) is 1.58. The first-order valence-corrected chi connectivity index (χ1v) is 11.3. The Morgan fingerprint density at radius 2 is 2.03 bits per heavy atom. The molecule has 31 heavy (non-hydrogen) atoms. The summed E-state index contributed by atoms with van der Waals surface area (Å²) in [6.07, 6.45) is -0.0123. The third kappa shape index (κ3) is 5.80. The van der Waals surface area contributed by atoms with Gasteiger partial charge >= 0.3 is 0 Å². The van der Waals surface area contributed by atoms with E-state index >= 15 is 0 Å². The highest BCUT2D eigenvalue weighted by atomic mass is 35.5. The molecule has 9 heteroatoms. The summed E-state index contributed by atoms with van der Waals surface area (Å²) >= 11 is 13.4. The predicted octanol–water partition coefficient (Wildman–Crippen LogP) is 5.22. The van der Waals surface area contributed by atoms with Crippen LogP contribution in [0.5, 0.6) is 0 Å². The number of halogens is 2. The lowest BCUT2D eigenvalue weighted by molar-refractivity contribution is -0.128. The zero-order valence-electron chi connectivity index (χ0n) is 17.4. The summed E-state index contributed by atoms with van der Waals surface area (Å²) in [5.74, 6) is -0.492. The summed E-state index contributed by atoms with van der Waals surface area (Å²) in [6.45, 7) is 4.70. The van der Waals surface area contributed by atoms with E-state index in [2.05, 4.69) is 5.32 Å². The van der Waals surface area contributed by atoms with Gasteiger partial charge in [-0.2, -0.15) is 0 Å². The molecule has 164 valence electrons. The number of methoxy groups -OCH3 is 1. The molecule has 1 aliphatic heterocycles. The van der Waals surface area contributed by atoms with E-state index in [1.54, 1.807) is 30.2 Å². The zero-order valence-corrected chi connectivity index (χ0v) is 19.8. The SMILES string of the molecule is COCCN1C(=O)C(CC(=O)Nc2cccc(Cl)c2Cl)SC1=Nc1cc(C)ccc1C. The van der Waals surface area contributed by atoms with Crippen LogP contribution in [0.25, 0.3) is 0 Å². The summed E-state index contributed by atoms with van der Waals surface area (Å²) in [4.78, 5) is 31.9. The fourth-order valence-electron chi connectivity index (χ4n) is 3.03. The Kier molecular flexibility index (Phi) is 8.00. The number of nitrogens with zero attached hydrogens (tertiary/aromatic N) is 2. The minimum atomic E-state index is -0.585. The van der Waals surface area contributed by atoms with E-state index in [-0.39, 0.29) is 23.3 Å². The van der Waals surface area contributed by atoms with Gasteiger partial charge in [0.2, 0.25) is 11.8 Å². The number of nitrogens with one attached hydrogen (secondary N) is 1. The predicted molar refractivity (Wildman–Crippen MR) is 128 cm³/mol. The molecule has 1 N–H and O–H groups in total. The van der Waals surface area contributed by atoms with Crippen molar-refractivity contribution in [3.8, 4) is 0 Å². The van der Waals surface area contributed by atoms with Crippen molar-refractivity contribution in [2.75, 3.05) is 25.6 Å². The Morgan fingerprint density at radius 3 is 2.77 bits per heavy atom. The number of carbonyl (C=O) groups is 2. The van der Waals surface area contributed by atoms with E-state index in [1.165, 1.54) is 11.8 Å². The molecule has 1 saturated heterocycles. The Labute approximate surface area is 196 Å². The van der Waals surface area contributed by atoms with Crippen molar-refractivity contribution in [1.82, 2.24) is 4.90 Å². The lowest BCUT2D eigenvalue weighted by Gasteiger charge is -2.16. The molecule has 0 aromatic heterocycles. The topological polar surface area (TPSA) is 71.0 Å². The third-order valence-corrected chi connectivity index (χ3v) is 6.71. The largest absolute Gasteiger partial charge is 0.383 e. The standard InChI is InChI=1S/C22H23Cl2N3O3S/c1-13-7-8-14(2)17(11-13)26-22-27(9-10-30-3)21(29)18(31-22)12-19(28)25-16-6-4-5-15(23)20(16)24/h4-8,11,18H,9-10,12H2,1-3H3,(H,25,28). The van der Waals surface area contributed by atoms with Gasteiger partial charge in [-0.15, -0.1) is 0 Å². The lowest BCUT2D eigenvalue weighted by atomic mass is 10.1. The van der Waals surface area contributed by atoms with Gasteiger partial charge in [0, 0.05) is 13.5 Å². The van der Waals surface area contributed by atoms with E-state index in [0.717, 1.165) is 16.8 Å². The van der Waals surface area contributed by atoms with Gasteiger partial charge in [-0.3, -0.25) is 14.5 Å². The van der Waals surface area contributed by atoms with Crippen molar-refractivity contribution in [2.24, 2.45) is 4.99 Å². The zero-order chi connectivity index (χ0) is 22.5. The van der Waals surface area contributed by atoms with Crippen LogP contribution in [-0.2, 0) is 14.3 Å². The molecular weight excluding hydrogens is 457 g/mol. The molecule has 3 rings (SSSR count). The lowest BCUT2D eigenvalue weighted by Crippen LogP contribution is -2.35. The van der Waals surface area contributed by atoms with Crippen molar-refractivity contribution in [3.05, 3.63) is 57.6 Å². The first-order valence-electron chi connectivity index (χ1n) is 9.67. The molecule has 6 nitrogen and oxygen atoms in total. The molecule has 2 aromatic rings. The Morgan fingerprint density at radius 1 is 1.26 bits per heavy atom. The number of rotatable bonds is 7. The second-order valence-corrected chi connectivity index (χ2v) is 9.08. The molecule has 1 heterocycles. The van der Waals surface area contributed by atoms with Crippen molar-refractivity contribution >= 4 is 63.3 Å². The van der Waals surface area contributed by atoms with Crippen LogP contribution in [0, 0.1) is 13.8 Å². The maximum Gasteiger partial charge on any atom is 0.242 e. The number of ether oxygens (including phenoxy) is 1. The number of aryl methyl sites for hydroxylation is 2. The normalized spacial score (nSPS) is 17.5. The number of hydrogen-bond acceptors (Lipinski definition) is 5. The van der Waals surface area contributed by atoms with Gasteiger partial charge in [0.1, 0.15) is 5.25 Å². The maximum absolute atomic E-state index is 13.0. The number of thioether (sulfide) groups is 1. The quantitative estimate of drug-likeness (QED) is 0.590. The minimum absolute atomic E-state index is 0.0123. The van der Waals surface area contributed by atoms with E-state index in [4.69, 9.17) is 32.9 Å². The highest BCUT2D eigenvalue weighted by molar-refractivity contribution is 8.15. The van der Waals surface area contributed by atoms with Crippen LogP contribution in [0.15, 0.2) is 41.4 Å². The van der Waals surface area contributed by atoms with Crippen LogP contribution in [0.4, 0.5) is 11.4 Å². The van der Waals surface area contributed by atoms with E-state index in [0.29, 0.717) is 29.0 Å². The Balaban J connectivity index is 1.79. The summed E-state index contributed by atoms with van der Waals surface area (Å²) < 4.78 is 5.15. The van der Waals surface area contributed by atoms with Crippen LogP contribution in [0.2, 0.25) is 10.0 Å². The smallest absolute Gasteiger partial charge is 0.242 e. The van der Waals surface area contributed by atoms with Gasteiger partial charge < -0.3 is 10.1 Å². The molecule has 0 bridgehead atoms. The fourth-order valence-corrected chi connectivity index (χ4v) is 4.55. The second kappa shape index (κ2) is 10.5. The molecule has 1 atom stereocenters. The number of anilines is 1. The summed E-state index contributed by atoms with van der Waals surface area (Å²) in [6, 6.07) is 11.0. The average Bonchev–Trinajstić information content (AvgIpc) is 3.01. The van der Waals surface area contributed by atoms with Crippen LogP contribution >= 0.6 is 35.0 Å². The average molecular weight is 480 g/mol. The van der Waals surface area contributed by atoms with Crippen LogP contribution in [-0.4, -0.2) is 47.4 Å². The van der Waals surface area contributed by atoms with E-state index < -0.39 is 5.25 Å². The third-order valence-electron chi connectivity index (χ3n) is 4.72. The summed E-state index contributed by atoms with van der Waals surface area (Å²) in [5.41, 5.74) is 3.30. The molecular formula is C22H23Cl2N3O3S. The van der Waals surface area contributed by atoms with E-state index in [9.17, 15) is 9.59 Å². The van der Waals surface area contributed by atoms with Crippen LogP contribution in [0.3, 0.4) is 0 Å². The number of carbonyl (C=O) groups excluding carboxylic acids is 2. The van der Waals surface area contributed by atoms with Crippen molar-refractivity contribution in [3.63, 3.8) is 0 Å². The number of benzene rings is 2. The van der Waals surface area contributed by atoms with Gasteiger partial charge in [-0.25, -0.2) is 4.99 Å². The number of amidine groups is 1. The van der Waals surface area contributed by atoms with Gasteiger partial charge in [0.05, 0.1) is 34.6 Å². The molecule has 2 aromatic carbocycles.